The van der Waals surface area contributed by atoms with Gasteiger partial charge < -0.3 is 9.80 Å². The van der Waals surface area contributed by atoms with Crippen molar-refractivity contribution in [1.29, 1.82) is 0 Å². The Bertz CT molecular complexity index is 800. The lowest BCUT2D eigenvalue weighted by Crippen LogP contribution is -2.38. The van der Waals surface area contributed by atoms with E-state index >= 15 is 0 Å². The van der Waals surface area contributed by atoms with E-state index in [-0.39, 0.29) is 23.5 Å². The number of anilines is 2. The van der Waals surface area contributed by atoms with E-state index in [0.29, 0.717) is 31.5 Å². The molecule has 1 aromatic carbocycles. The molecule has 27 heavy (non-hydrogen) atoms. The predicted octanol–water partition coefficient (Wildman–Crippen LogP) is 3.66. The summed E-state index contributed by atoms with van der Waals surface area (Å²) < 4.78 is 39.5. The van der Waals surface area contributed by atoms with Gasteiger partial charge in [0.05, 0.1) is 0 Å². The molecule has 0 N–H and O–H groups in total. The smallest absolute Gasteiger partial charge is 0.363 e. The number of hydrogen-bond donors (Lipinski definition) is 0. The van der Waals surface area contributed by atoms with Crippen molar-refractivity contribution in [3.8, 4) is 0 Å². The second kappa shape index (κ2) is 7.54. The van der Waals surface area contributed by atoms with Crippen molar-refractivity contribution in [2.75, 3.05) is 37.0 Å². The summed E-state index contributed by atoms with van der Waals surface area (Å²) in [5, 5.41) is 0. The number of halogens is 3. The molecule has 0 atom stereocenters. The predicted molar refractivity (Wildman–Crippen MR) is 97.1 cm³/mol. The molecule has 0 radical (unpaired) electrons. The van der Waals surface area contributed by atoms with Gasteiger partial charge in [0.25, 0.3) is 0 Å². The Hall–Kier alpha value is -2.64. The number of nitrogens with zero attached hydrogens (tertiary/aromatic N) is 4. The van der Waals surface area contributed by atoms with Crippen LogP contribution in [0, 0.1) is 5.92 Å². The molecular weight excluding hydrogens is 357 g/mol. The van der Waals surface area contributed by atoms with E-state index in [1.54, 1.807) is 31.1 Å². The Morgan fingerprint density at radius 3 is 2.30 bits per heavy atom. The molecule has 2 aromatic rings. The van der Waals surface area contributed by atoms with Crippen LogP contribution in [0.3, 0.4) is 0 Å². The van der Waals surface area contributed by atoms with Crippen LogP contribution in [0.25, 0.3) is 0 Å². The van der Waals surface area contributed by atoms with E-state index in [4.69, 9.17) is 0 Å². The van der Waals surface area contributed by atoms with Gasteiger partial charge in [-0.1, -0.05) is 30.3 Å². The maximum Gasteiger partial charge on any atom is 0.433 e. The topological polar surface area (TPSA) is 49.3 Å². The number of carbonyl (C=O) groups excluding carboxylic acids is 1. The van der Waals surface area contributed by atoms with Crippen molar-refractivity contribution >= 4 is 17.5 Å². The summed E-state index contributed by atoms with van der Waals surface area (Å²) >= 11 is 0. The fourth-order valence-electron chi connectivity index (χ4n) is 3.12. The van der Waals surface area contributed by atoms with Crippen LogP contribution in [0.2, 0.25) is 0 Å². The highest BCUT2D eigenvalue weighted by Gasteiger charge is 2.35. The fraction of sp³-hybridized carbons (Fsp3) is 0.421. The molecule has 144 valence electrons. The number of Topliss-reactive ketones (excluding diaryl/α,β-unsaturated/α-hetero) is 1. The first-order chi connectivity index (χ1) is 12.8. The quantitative estimate of drug-likeness (QED) is 0.760. The molecule has 0 spiro atoms. The Balaban J connectivity index is 1.76. The van der Waals surface area contributed by atoms with Gasteiger partial charge in [0.15, 0.2) is 11.5 Å². The van der Waals surface area contributed by atoms with Crippen LogP contribution in [-0.4, -0.2) is 42.9 Å². The molecule has 1 aromatic heterocycles. The highest BCUT2D eigenvalue weighted by atomic mass is 19.4. The van der Waals surface area contributed by atoms with Gasteiger partial charge in [0, 0.05) is 44.7 Å². The third-order valence-electron chi connectivity index (χ3n) is 4.66. The van der Waals surface area contributed by atoms with Gasteiger partial charge in [-0.3, -0.25) is 4.79 Å². The number of carbonyl (C=O) groups is 1. The molecular formula is C19H21F3N4O. The largest absolute Gasteiger partial charge is 0.433 e. The van der Waals surface area contributed by atoms with Crippen molar-refractivity contribution in [2.45, 2.75) is 19.0 Å². The number of piperidine rings is 1. The second-order valence-corrected chi connectivity index (χ2v) is 6.80. The van der Waals surface area contributed by atoms with Crippen molar-refractivity contribution in [2.24, 2.45) is 5.92 Å². The fourth-order valence-corrected chi connectivity index (χ4v) is 3.12. The highest BCUT2D eigenvalue weighted by Crippen LogP contribution is 2.32. The van der Waals surface area contributed by atoms with Gasteiger partial charge in [-0.15, -0.1) is 0 Å². The van der Waals surface area contributed by atoms with Crippen LogP contribution in [0.4, 0.5) is 24.9 Å². The maximum atomic E-state index is 13.2. The van der Waals surface area contributed by atoms with Crippen LogP contribution in [0.1, 0.15) is 28.9 Å². The first-order valence-electron chi connectivity index (χ1n) is 8.73. The van der Waals surface area contributed by atoms with Gasteiger partial charge in [0.1, 0.15) is 5.82 Å². The molecule has 1 aliphatic heterocycles. The third kappa shape index (κ3) is 4.37. The molecule has 1 fully saturated rings. The van der Waals surface area contributed by atoms with Crippen LogP contribution in [0.5, 0.6) is 0 Å². The molecule has 2 heterocycles. The lowest BCUT2D eigenvalue weighted by Gasteiger charge is -2.32. The van der Waals surface area contributed by atoms with Gasteiger partial charge >= 0.3 is 6.18 Å². The molecule has 1 saturated heterocycles. The first kappa shape index (κ1) is 19.1. The lowest BCUT2D eigenvalue weighted by molar-refractivity contribution is -0.141. The van der Waals surface area contributed by atoms with Gasteiger partial charge in [-0.2, -0.15) is 18.2 Å². The Kier molecular flexibility index (Phi) is 5.34. The molecule has 0 amide bonds. The molecule has 8 heteroatoms. The van der Waals surface area contributed by atoms with Crippen LogP contribution < -0.4 is 9.80 Å². The van der Waals surface area contributed by atoms with Crippen molar-refractivity contribution < 1.29 is 18.0 Å². The minimum absolute atomic E-state index is 0.0548. The summed E-state index contributed by atoms with van der Waals surface area (Å²) in [5.41, 5.74) is -0.292. The van der Waals surface area contributed by atoms with E-state index in [0.717, 1.165) is 6.07 Å². The maximum absolute atomic E-state index is 13.2. The minimum atomic E-state index is -4.54. The van der Waals surface area contributed by atoms with E-state index in [1.807, 2.05) is 18.2 Å². The molecule has 3 rings (SSSR count). The van der Waals surface area contributed by atoms with E-state index in [2.05, 4.69) is 9.97 Å². The summed E-state index contributed by atoms with van der Waals surface area (Å²) in [6.07, 6.45) is -3.42. The summed E-state index contributed by atoms with van der Waals surface area (Å²) in [5.74, 6) is 0.200. The van der Waals surface area contributed by atoms with Gasteiger partial charge in [-0.25, -0.2) is 4.98 Å². The van der Waals surface area contributed by atoms with E-state index in [9.17, 15) is 18.0 Å². The normalized spacial score (nSPS) is 15.7. The van der Waals surface area contributed by atoms with Gasteiger partial charge in [0.2, 0.25) is 5.95 Å². The zero-order valence-corrected chi connectivity index (χ0v) is 15.2. The minimum Gasteiger partial charge on any atom is -0.363 e. The second-order valence-electron chi connectivity index (χ2n) is 6.80. The zero-order valence-electron chi connectivity index (χ0n) is 15.2. The summed E-state index contributed by atoms with van der Waals surface area (Å²) in [6, 6.07) is 10.0. The summed E-state index contributed by atoms with van der Waals surface area (Å²) in [6.45, 7) is 0.884. The number of hydrogen-bond acceptors (Lipinski definition) is 5. The van der Waals surface area contributed by atoms with Crippen LogP contribution >= 0.6 is 0 Å². The number of alkyl halides is 3. The van der Waals surface area contributed by atoms with E-state index in [1.165, 1.54) is 4.90 Å². The molecule has 0 unspecified atom stereocenters. The van der Waals surface area contributed by atoms with Crippen molar-refractivity contribution in [3.63, 3.8) is 0 Å². The van der Waals surface area contributed by atoms with Crippen LogP contribution in [0.15, 0.2) is 36.4 Å². The highest BCUT2D eigenvalue weighted by molar-refractivity contribution is 5.97. The number of aromatic nitrogens is 2. The Morgan fingerprint density at radius 1 is 1.11 bits per heavy atom. The van der Waals surface area contributed by atoms with Crippen molar-refractivity contribution in [1.82, 2.24) is 9.97 Å². The zero-order chi connectivity index (χ0) is 19.6. The van der Waals surface area contributed by atoms with Crippen molar-refractivity contribution in [3.05, 3.63) is 47.7 Å². The lowest BCUT2D eigenvalue weighted by atomic mass is 9.89. The summed E-state index contributed by atoms with van der Waals surface area (Å²) in [4.78, 5) is 23.8. The first-order valence-corrected chi connectivity index (χ1v) is 8.73. The standard InChI is InChI=1S/C19H21F3N4O/c1-25(2)16-12-15(19(20,21)22)23-18(24-16)26-10-8-14(9-11-26)17(27)13-6-4-3-5-7-13/h3-7,12,14H,8-11H2,1-2H3. The third-order valence-corrected chi connectivity index (χ3v) is 4.66. The molecule has 0 bridgehead atoms. The average molecular weight is 378 g/mol. The molecule has 0 aliphatic carbocycles. The van der Waals surface area contributed by atoms with Crippen LogP contribution in [-0.2, 0) is 6.18 Å². The SMILES string of the molecule is CN(C)c1cc(C(F)(F)F)nc(N2CCC(C(=O)c3ccccc3)CC2)n1. The molecule has 0 saturated carbocycles. The number of benzene rings is 1. The Morgan fingerprint density at radius 2 is 1.74 bits per heavy atom. The summed E-state index contributed by atoms with van der Waals surface area (Å²) in [7, 11) is 3.27. The number of rotatable bonds is 4. The molecule has 5 nitrogen and oxygen atoms in total. The monoisotopic (exact) mass is 378 g/mol. The number of ketones is 1. The molecule has 1 aliphatic rings. The van der Waals surface area contributed by atoms with E-state index < -0.39 is 11.9 Å². The Labute approximate surface area is 155 Å². The van der Waals surface area contributed by atoms with Gasteiger partial charge in [-0.05, 0) is 12.8 Å². The average Bonchev–Trinajstić information content (AvgIpc) is 2.67.